The zero-order valence-corrected chi connectivity index (χ0v) is 16.4. The lowest BCUT2D eigenvalue weighted by Crippen LogP contribution is -2.30. The van der Waals surface area contributed by atoms with Gasteiger partial charge in [0.25, 0.3) is 0 Å². The Bertz CT molecular complexity index is 1040. The monoisotopic (exact) mass is 383 g/mol. The van der Waals surface area contributed by atoms with E-state index in [4.69, 9.17) is 4.74 Å². The maximum absolute atomic E-state index is 12.3. The van der Waals surface area contributed by atoms with Gasteiger partial charge < -0.3 is 4.74 Å². The fourth-order valence-electron chi connectivity index (χ4n) is 2.98. The highest BCUT2D eigenvalue weighted by atomic mass is 32.2. The molecular formula is C21H21NO4S. The van der Waals surface area contributed by atoms with Gasteiger partial charge in [-0.05, 0) is 60.6 Å². The van der Waals surface area contributed by atoms with E-state index >= 15 is 0 Å². The van der Waals surface area contributed by atoms with E-state index in [2.05, 4.69) is 16.8 Å². The van der Waals surface area contributed by atoms with Crippen LogP contribution >= 0.6 is 0 Å². The Kier molecular flexibility index (Phi) is 5.07. The highest BCUT2D eigenvalue weighted by Gasteiger charge is 2.35. The van der Waals surface area contributed by atoms with Crippen molar-refractivity contribution in [3.63, 3.8) is 0 Å². The van der Waals surface area contributed by atoms with E-state index in [-0.39, 0.29) is 11.2 Å². The summed E-state index contributed by atoms with van der Waals surface area (Å²) in [6, 6.07) is 8.50. The van der Waals surface area contributed by atoms with E-state index in [1.807, 2.05) is 19.9 Å². The van der Waals surface area contributed by atoms with Gasteiger partial charge >= 0.3 is 5.97 Å². The summed E-state index contributed by atoms with van der Waals surface area (Å²) in [5, 5.41) is 0. The Morgan fingerprint density at radius 3 is 2.67 bits per heavy atom. The number of fused-ring (bicyclic) bond motifs is 1. The summed E-state index contributed by atoms with van der Waals surface area (Å²) in [7, 11) is -3.22. The molecule has 1 aromatic carbocycles. The second-order valence-electron chi connectivity index (χ2n) is 7.07. The van der Waals surface area contributed by atoms with Crippen molar-refractivity contribution in [2.45, 2.75) is 37.5 Å². The van der Waals surface area contributed by atoms with Crippen LogP contribution < -0.4 is 0 Å². The third kappa shape index (κ3) is 4.04. The molecule has 0 bridgehead atoms. The summed E-state index contributed by atoms with van der Waals surface area (Å²) < 4.78 is 29.5. The molecule has 0 spiro atoms. The van der Waals surface area contributed by atoms with Gasteiger partial charge in [0.1, 0.15) is 5.69 Å². The van der Waals surface area contributed by atoms with Crippen molar-refractivity contribution in [1.82, 2.24) is 4.98 Å². The summed E-state index contributed by atoms with van der Waals surface area (Å²) in [5.74, 6) is 5.74. The van der Waals surface area contributed by atoms with E-state index in [1.165, 1.54) is 6.20 Å². The molecule has 0 fully saturated rings. The quantitative estimate of drug-likeness (QED) is 0.588. The summed E-state index contributed by atoms with van der Waals surface area (Å²) in [6.45, 7) is 6.15. The third-order valence-electron chi connectivity index (χ3n) is 4.65. The molecule has 2 heterocycles. The van der Waals surface area contributed by atoms with Crippen LogP contribution in [0.25, 0.3) is 0 Å². The van der Waals surface area contributed by atoms with Gasteiger partial charge in [0.2, 0.25) is 0 Å². The number of hydrogen-bond donors (Lipinski definition) is 0. The number of esters is 1. The number of nitrogens with zero attached hydrogens (tertiary/aromatic N) is 1. The zero-order valence-electron chi connectivity index (χ0n) is 15.6. The van der Waals surface area contributed by atoms with E-state index in [1.54, 1.807) is 31.2 Å². The Morgan fingerprint density at radius 2 is 2.00 bits per heavy atom. The molecule has 0 unspecified atom stereocenters. The van der Waals surface area contributed by atoms with E-state index in [9.17, 15) is 13.2 Å². The molecule has 27 heavy (non-hydrogen) atoms. The van der Waals surface area contributed by atoms with Gasteiger partial charge in [0.05, 0.1) is 22.8 Å². The lowest BCUT2D eigenvalue weighted by molar-refractivity contribution is 0.0526. The van der Waals surface area contributed by atoms with Crippen LogP contribution in [-0.2, 0) is 20.0 Å². The lowest BCUT2D eigenvalue weighted by atomic mass is 9.81. The Balaban J connectivity index is 1.89. The fraction of sp³-hybridized carbons (Fsp3) is 0.333. The van der Waals surface area contributed by atoms with Gasteiger partial charge in [-0.2, -0.15) is 0 Å². The molecule has 0 radical (unpaired) electrons. The molecule has 140 valence electrons. The van der Waals surface area contributed by atoms with Gasteiger partial charge in [-0.1, -0.05) is 19.8 Å². The van der Waals surface area contributed by atoms with Gasteiger partial charge in [-0.25, -0.2) is 18.2 Å². The molecule has 0 saturated carbocycles. The van der Waals surface area contributed by atoms with Gasteiger partial charge in [0.15, 0.2) is 9.84 Å². The highest BCUT2D eigenvalue weighted by molar-refractivity contribution is 7.91. The van der Waals surface area contributed by atoms with E-state index in [0.29, 0.717) is 29.2 Å². The van der Waals surface area contributed by atoms with E-state index < -0.39 is 15.8 Å². The first-order chi connectivity index (χ1) is 12.7. The van der Waals surface area contributed by atoms with Crippen molar-refractivity contribution >= 4 is 15.8 Å². The minimum absolute atomic E-state index is 0.175. The summed E-state index contributed by atoms with van der Waals surface area (Å²) in [5.41, 5.74) is 2.23. The molecule has 0 N–H and O–H groups in total. The fourth-order valence-corrected chi connectivity index (χ4v) is 4.93. The van der Waals surface area contributed by atoms with Crippen LogP contribution in [0.3, 0.4) is 0 Å². The van der Waals surface area contributed by atoms with Crippen LogP contribution in [0, 0.1) is 11.8 Å². The molecule has 3 rings (SSSR count). The number of pyridine rings is 1. The predicted molar refractivity (Wildman–Crippen MR) is 102 cm³/mol. The smallest absolute Gasteiger partial charge is 0.339 e. The van der Waals surface area contributed by atoms with Crippen molar-refractivity contribution in [3.8, 4) is 11.8 Å². The standard InChI is InChI=1S/C21H21NO4S/c1-4-26-20(23)16-7-9-17(22-14-16)8-5-15-6-10-19-18(13-15)21(2,3)11-12-27(19,24)25/h6-7,9-10,13-14H,4,11-12H2,1-3H3. The minimum Gasteiger partial charge on any atom is -0.462 e. The van der Waals surface area contributed by atoms with Crippen LogP contribution in [-0.4, -0.2) is 31.7 Å². The van der Waals surface area contributed by atoms with Crippen molar-refractivity contribution in [2.75, 3.05) is 12.4 Å². The number of sulfone groups is 1. The third-order valence-corrected chi connectivity index (χ3v) is 6.42. The average Bonchev–Trinajstić information content (AvgIpc) is 2.64. The molecule has 1 aliphatic heterocycles. The van der Waals surface area contributed by atoms with Gasteiger partial charge in [-0.3, -0.25) is 0 Å². The summed E-state index contributed by atoms with van der Waals surface area (Å²) >= 11 is 0. The summed E-state index contributed by atoms with van der Waals surface area (Å²) in [6.07, 6.45) is 2.03. The number of aromatic nitrogens is 1. The maximum Gasteiger partial charge on any atom is 0.339 e. The molecule has 1 aliphatic rings. The molecule has 0 atom stereocenters. The number of hydrogen-bond acceptors (Lipinski definition) is 5. The normalized spacial score (nSPS) is 16.6. The molecule has 0 aliphatic carbocycles. The van der Waals surface area contributed by atoms with Crippen molar-refractivity contribution in [2.24, 2.45) is 0 Å². The predicted octanol–water partition coefficient (Wildman–Crippen LogP) is 3.11. The first-order valence-corrected chi connectivity index (χ1v) is 10.4. The first kappa shape index (κ1) is 19.1. The lowest BCUT2D eigenvalue weighted by Gasteiger charge is -2.32. The Hall–Kier alpha value is -2.65. The Labute approximate surface area is 159 Å². The Morgan fingerprint density at radius 1 is 1.22 bits per heavy atom. The largest absolute Gasteiger partial charge is 0.462 e. The van der Waals surface area contributed by atoms with Crippen LogP contribution in [0.15, 0.2) is 41.4 Å². The van der Waals surface area contributed by atoms with Gasteiger partial charge in [-0.15, -0.1) is 0 Å². The number of carbonyl (C=O) groups is 1. The number of ether oxygens (including phenoxy) is 1. The number of carbonyl (C=O) groups excluding carboxylic acids is 1. The number of benzene rings is 1. The first-order valence-electron chi connectivity index (χ1n) is 8.75. The number of rotatable bonds is 2. The van der Waals surface area contributed by atoms with Crippen LogP contribution in [0.5, 0.6) is 0 Å². The van der Waals surface area contributed by atoms with Crippen LogP contribution in [0.2, 0.25) is 0 Å². The molecule has 2 aromatic rings. The molecule has 6 heteroatoms. The van der Waals surface area contributed by atoms with Crippen molar-refractivity contribution in [1.29, 1.82) is 0 Å². The molecule has 1 aromatic heterocycles. The topological polar surface area (TPSA) is 73.3 Å². The molecule has 5 nitrogen and oxygen atoms in total. The second kappa shape index (κ2) is 7.16. The van der Waals surface area contributed by atoms with Crippen molar-refractivity contribution in [3.05, 3.63) is 58.9 Å². The highest BCUT2D eigenvalue weighted by Crippen LogP contribution is 2.38. The SMILES string of the molecule is CCOC(=O)c1ccc(C#Cc2ccc3c(c2)C(C)(C)CCS3(=O)=O)nc1. The average molecular weight is 383 g/mol. The van der Waals surface area contributed by atoms with Crippen LogP contribution in [0.4, 0.5) is 0 Å². The maximum atomic E-state index is 12.3. The van der Waals surface area contributed by atoms with Crippen LogP contribution in [0.1, 0.15) is 54.4 Å². The second-order valence-corrected chi connectivity index (χ2v) is 9.14. The van der Waals surface area contributed by atoms with Gasteiger partial charge in [0, 0.05) is 11.8 Å². The van der Waals surface area contributed by atoms with Crippen molar-refractivity contribution < 1.29 is 17.9 Å². The molecule has 0 amide bonds. The minimum atomic E-state index is -3.22. The zero-order chi connectivity index (χ0) is 19.7. The molecule has 0 saturated heterocycles. The summed E-state index contributed by atoms with van der Waals surface area (Å²) in [4.78, 5) is 16.2. The van der Waals surface area contributed by atoms with E-state index in [0.717, 1.165) is 11.1 Å². The molecular weight excluding hydrogens is 362 g/mol.